The average Bonchev–Trinajstić information content (AvgIpc) is 2.52. The van der Waals surface area contributed by atoms with Crippen LogP contribution in [0.2, 0.25) is 0 Å². The van der Waals surface area contributed by atoms with E-state index in [1.165, 1.54) is 12.1 Å². The zero-order valence-corrected chi connectivity index (χ0v) is 15.0. The first-order chi connectivity index (χ1) is 12.2. The maximum Gasteiger partial charge on any atom is 0.673 e. The second-order valence-electron chi connectivity index (χ2n) is 6.61. The molecule has 0 aliphatic heterocycles. The zero-order chi connectivity index (χ0) is 20.7. The third kappa shape index (κ3) is 4.12. The van der Waals surface area contributed by atoms with Crippen molar-refractivity contribution >= 4 is 35.8 Å². The van der Waals surface area contributed by atoms with Crippen LogP contribution in [0.15, 0.2) is 23.8 Å². The molecule has 1 aliphatic carbocycles. The number of carbonyl (C=O) groups excluding carboxylic acids is 1. The molecule has 0 unspecified atom stereocenters. The Hall–Kier alpha value is -2.85. The maximum atomic E-state index is 12.4. The molecule has 0 spiro atoms. The van der Waals surface area contributed by atoms with Crippen LogP contribution >= 0.6 is 0 Å². The monoisotopic (exact) mass is 385 g/mol. The molecule has 3 rings (SSSR count). The van der Waals surface area contributed by atoms with E-state index < -0.39 is 17.6 Å². The number of fused-ring (bicyclic) bond motifs is 2. The highest BCUT2D eigenvalue weighted by molar-refractivity contribution is 6.50. The Morgan fingerprint density at radius 3 is 2.30 bits per heavy atom. The number of non-ortho nitro benzene ring substituents is 1. The molecule has 0 saturated heterocycles. The van der Waals surface area contributed by atoms with Gasteiger partial charge in [0, 0.05) is 24.3 Å². The van der Waals surface area contributed by atoms with Crippen molar-refractivity contribution in [2.45, 2.75) is 26.2 Å². The summed E-state index contributed by atoms with van der Waals surface area (Å²) < 4.78 is 40.9. The summed E-state index contributed by atoms with van der Waals surface area (Å²) in [5.41, 5.74) is 2.76. The van der Waals surface area contributed by atoms with Gasteiger partial charge in [-0.2, -0.15) is 4.57 Å². The van der Waals surface area contributed by atoms with E-state index in [0.717, 1.165) is 11.2 Å². The summed E-state index contributed by atoms with van der Waals surface area (Å²) in [5, 5.41) is 10.9. The van der Waals surface area contributed by atoms with Gasteiger partial charge in [-0.05, 0) is 26.3 Å². The predicted octanol–water partition coefficient (Wildman–Crippen LogP) is 3.53. The van der Waals surface area contributed by atoms with Gasteiger partial charge in [0.25, 0.3) is 5.69 Å². The molecule has 0 fully saturated rings. The van der Waals surface area contributed by atoms with Crippen LogP contribution in [-0.2, 0) is 17.3 Å². The fourth-order valence-corrected chi connectivity index (χ4v) is 2.96. The molecular formula is C16H16BF4N3O3. The summed E-state index contributed by atoms with van der Waals surface area (Å²) in [6.07, 6.45) is 1.83. The van der Waals surface area contributed by atoms with Crippen LogP contribution in [0.5, 0.6) is 0 Å². The average molecular weight is 385 g/mol. The number of Topliss-reactive ketones (excluding diaryl/α,β-unsaturated/α-hetero) is 1. The number of hydrogen-bond donors (Lipinski definition) is 0. The number of hydrogen-bond acceptors (Lipinski definition) is 4. The third-order valence-electron chi connectivity index (χ3n) is 4.24. The number of benzene rings is 1. The molecule has 0 bridgehead atoms. The van der Waals surface area contributed by atoms with Crippen molar-refractivity contribution < 1.29 is 31.5 Å². The first-order valence-corrected chi connectivity index (χ1v) is 7.82. The summed E-state index contributed by atoms with van der Waals surface area (Å²) in [5.74, 6) is 0.0253. The molecule has 0 N–H and O–H groups in total. The van der Waals surface area contributed by atoms with Crippen LogP contribution < -0.4 is 4.57 Å². The smallest absolute Gasteiger partial charge is 0.418 e. The van der Waals surface area contributed by atoms with Gasteiger partial charge in [0.05, 0.1) is 10.3 Å². The highest BCUT2D eigenvalue weighted by atomic mass is 19.5. The van der Waals surface area contributed by atoms with E-state index >= 15 is 0 Å². The topological polar surface area (TPSA) is 77.0 Å². The van der Waals surface area contributed by atoms with Crippen molar-refractivity contribution in [3.8, 4) is 0 Å². The summed E-state index contributed by atoms with van der Waals surface area (Å²) in [6.45, 7) is 5.47. The molecule has 1 heterocycles. The molecule has 144 valence electrons. The Labute approximate surface area is 151 Å². The van der Waals surface area contributed by atoms with E-state index in [0.29, 0.717) is 16.8 Å². The van der Waals surface area contributed by atoms with Crippen molar-refractivity contribution in [1.29, 1.82) is 0 Å². The lowest BCUT2D eigenvalue weighted by Gasteiger charge is -2.26. The molecule has 0 radical (unpaired) electrons. The Morgan fingerprint density at radius 1 is 1.22 bits per heavy atom. The van der Waals surface area contributed by atoms with Gasteiger partial charge in [0.1, 0.15) is 18.3 Å². The van der Waals surface area contributed by atoms with E-state index in [-0.39, 0.29) is 11.5 Å². The zero-order valence-electron chi connectivity index (χ0n) is 15.0. The van der Waals surface area contributed by atoms with Crippen molar-refractivity contribution in [3.63, 3.8) is 0 Å². The highest BCUT2D eigenvalue weighted by Gasteiger charge is 2.41. The van der Waals surface area contributed by atoms with Crippen molar-refractivity contribution in [2.24, 2.45) is 7.05 Å². The van der Waals surface area contributed by atoms with E-state index in [1.54, 1.807) is 13.0 Å². The van der Waals surface area contributed by atoms with E-state index in [2.05, 4.69) is 4.98 Å². The molecule has 0 amide bonds. The number of nitrogens with zero attached hydrogens (tertiary/aromatic N) is 3. The first-order valence-electron chi connectivity index (χ1n) is 7.82. The van der Waals surface area contributed by atoms with Crippen LogP contribution in [-0.4, -0.2) is 22.9 Å². The lowest BCUT2D eigenvalue weighted by molar-refractivity contribution is -0.647. The lowest BCUT2D eigenvalue weighted by Crippen LogP contribution is -2.43. The van der Waals surface area contributed by atoms with Crippen LogP contribution in [0, 0.1) is 10.1 Å². The normalized spacial score (nSPS) is 15.6. The Kier molecular flexibility index (Phi) is 5.09. The van der Waals surface area contributed by atoms with Gasteiger partial charge >= 0.3 is 7.25 Å². The molecule has 11 heteroatoms. The molecule has 1 aromatic carbocycles. The number of nitro benzene ring substituents is 1. The second-order valence-corrected chi connectivity index (χ2v) is 6.61. The van der Waals surface area contributed by atoms with Crippen LogP contribution in [0.3, 0.4) is 0 Å². The molecule has 1 aliphatic rings. The summed E-state index contributed by atoms with van der Waals surface area (Å²) in [4.78, 5) is 27.5. The molecule has 0 saturated carbocycles. The molecular weight excluding hydrogens is 369 g/mol. The van der Waals surface area contributed by atoms with Crippen LogP contribution in [0.1, 0.15) is 32.2 Å². The van der Waals surface area contributed by atoms with E-state index in [4.69, 9.17) is 0 Å². The number of nitro groups is 1. The third-order valence-corrected chi connectivity index (χ3v) is 4.24. The first kappa shape index (κ1) is 20.5. The van der Waals surface area contributed by atoms with Gasteiger partial charge in [-0.1, -0.05) is 0 Å². The minimum absolute atomic E-state index is 0.00776. The molecule has 6 nitrogen and oxygen atoms in total. The minimum Gasteiger partial charge on any atom is -0.418 e. The van der Waals surface area contributed by atoms with Crippen molar-refractivity contribution in [3.05, 3.63) is 45.3 Å². The standard InChI is InChI=1S/C16H16N3O3.BF4/c1-9-7-13-14(16(2,3)15(9)20)17-11-8-10(19(21)22)5-6-12(11)18(13)4;2-1(3,4)5/h5-8H,1-4H3;/q+1;-1. The quantitative estimate of drug-likeness (QED) is 0.247. The Bertz CT molecular complexity index is 981. The number of allylic oxidation sites excluding steroid dienone is 1. The van der Waals surface area contributed by atoms with Crippen molar-refractivity contribution in [1.82, 2.24) is 4.98 Å². The van der Waals surface area contributed by atoms with Gasteiger partial charge in [-0.15, -0.1) is 0 Å². The van der Waals surface area contributed by atoms with Gasteiger partial charge in [0.15, 0.2) is 5.78 Å². The highest BCUT2D eigenvalue weighted by Crippen LogP contribution is 2.34. The van der Waals surface area contributed by atoms with Gasteiger partial charge < -0.3 is 17.3 Å². The van der Waals surface area contributed by atoms with Crippen LogP contribution in [0.25, 0.3) is 17.1 Å². The number of aryl methyl sites for hydroxylation is 1. The fraction of sp³-hybridized carbons (Fsp3) is 0.312. The predicted molar refractivity (Wildman–Crippen MR) is 91.4 cm³/mol. The Balaban J connectivity index is 0.000000465. The Morgan fingerprint density at radius 2 is 1.78 bits per heavy atom. The van der Waals surface area contributed by atoms with E-state index in [9.17, 15) is 32.2 Å². The van der Waals surface area contributed by atoms with Crippen LogP contribution in [0.4, 0.5) is 23.0 Å². The summed E-state index contributed by atoms with van der Waals surface area (Å²) >= 11 is 0. The number of halogens is 4. The molecule has 1 aromatic heterocycles. The van der Waals surface area contributed by atoms with Gasteiger partial charge in [-0.25, -0.2) is 4.98 Å². The summed E-state index contributed by atoms with van der Waals surface area (Å²) in [6, 6.07) is 4.60. The fourth-order valence-electron chi connectivity index (χ4n) is 2.96. The minimum atomic E-state index is -6.00. The number of rotatable bonds is 1. The lowest BCUT2D eigenvalue weighted by atomic mass is 9.76. The van der Waals surface area contributed by atoms with E-state index in [1.807, 2.05) is 31.5 Å². The SMILES string of the molecule is CC1=Cc2c(nc3cc([N+](=O)[O-])ccc3[n+]2C)C(C)(C)C1=O.F[B-](F)(F)F. The van der Waals surface area contributed by atoms with Crippen molar-refractivity contribution in [2.75, 3.05) is 0 Å². The maximum absolute atomic E-state index is 12.4. The second kappa shape index (κ2) is 6.71. The number of aromatic nitrogens is 2. The number of carbonyl (C=O) groups is 1. The summed E-state index contributed by atoms with van der Waals surface area (Å²) in [7, 11) is -4.12. The van der Waals surface area contributed by atoms with Gasteiger partial charge in [0.2, 0.25) is 11.2 Å². The molecule has 0 atom stereocenters. The number of ketones is 1. The largest absolute Gasteiger partial charge is 0.673 e. The van der Waals surface area contributed by atoms with Gasteiger partial charge in [-0.3, -0.25) is 14.9 Å². The molecule has 2 aromatic rings. The molecule has 27 heavy (non-hydrogen) atoms.